The van der Waals surface area contributed by atoms with Crippen LogP contribution < -0.4 is 15.4 Å². The molecule has 0 spiro atoms. The van der Waals surface area contributed by atoms with Crippen LogP contribution in [0.4, 0.5) is 11.4 Å². The van der Waals surface area contributed by atoms with Gasteiger partial charge in [0, 0.05) is 36.5 Å². The lowest BCUT2D eigenvalue weighted by molar-refractivity contribution is -0.115. The van der Waals surface area contributed by atoms with Gasteiger partial charge in [-0.2, -0.15) is 0 Å². The van der Waals surface area contributed by atoms with Gasteiger partial charge in [0.25, 0.3) is 5.91 Å². The van der Waals surface area contributed by atoms with Crippen LogP contribution in [0.25, 0.3) is 0 Å². The van der Waals surface area contributed by atoms with E-state index in [1.54, 1.807) is 31.2 Å². The Morgan fingerprint density at radius 1 is 1.07 bits per heavy atom. The molecule has 0 bridgehead atoms. The minimum Gasteiger partial charge on any atom is -0.377 e. The van der Waals surface area contributed by atoms with Gasteiger partial charge in [0.1, 0.15) is 0 Å². The fraction of sp³-hybridized carbons (Fsp3) is 0.333. The van der Waals surface area contributed by atoms with Crippen LogP contribution in [0.1, 0.15) is 36.5 Å². The molecule has 2 aromatic rings. The minimum atomic E-state index is -3.65. The molecular weight excluding hydrogens is 406 g/mol. The first-order valence-corrected chi connectivity index (χ1v) is 11.3. The predicted octanol–water partition coefficient (Wildman–Crippen LogP) is 2.74. The lowest BCUT2D eigenvalue weighted by atomic mass is 10.1. The molecule has 8 nitrogen and oxygen atoms in total. The fourth-order valence-corrected chi connectivity index (χ4v) is 4.07. The van der Waals surface area contributed by atoms with E-state index in [1.165, 1.54) is 24.3 Å². The molecule has 2 aromatic carbocycles. The van der Waals surface area contributed by atoms with Gasteiger partial charge >= 0.3 is 0 Å². The smallest absolute Gasteiger partial charge is 0.255 e. The number of carbonyl (C=O) groups excluding carboxylic acids is 2. The summed E-state index contributed by atoms with van der Waals surface area (Å²) in [6.07, 6.45) is 2.04. The summed E-state index contributed by atoms with van der Waals surface area (Å²) in [5.74, 6) is -0.507. The third kappa shape index (κ3) is 5.88. The van der Waals surface area contributed by atoms with Crippen molar-refractivity contribution in [2.45, 2.75) is 37.2 Å². The van der Waals surface area contributed by atoms with Gasteiger partial charge in [-0.3, -0.25) is 9.59 Å². The number of hydrogen-bond donors (Lipinski definition) is 3. The van der Waals surface area contributed by atoms with E-state index >= 15 is 0 Å². The molecule has 1 aliphatic rings. The van der Waals surface area contributed by atoms with Crippen LogP contribution in [-0.4, -0.2) is 39.5 Å². The normalized spacial score (nSPS) is 16.2. The molecule has 0 aliphatic carbocycles. The van der Waals surface area contributed by atoms with Crippen molar-refractivity contribution in [3.63, 3.8) is 0 Å². The van der Waals surface area contributed by atoms with Gasteiger partial charge in [-0.15, -0.1) is 0 Å². The topological polar surface area (TPSA) is 114 Å². The van der Waals surface area contributed by atoms with Crippen LogP contribution in [0.15, 0.2) is 53.4 Å². The Morgan fingerprint density at radius 2 is 1.83 bits per heavy atom. The summed E-state index contributed by atoms with van der Waals surface area (Å²) in [6, 6.07) is 12.5. The number of hydrogen-bond acceptors (Lipinski definition) is 5. The first kappa shape index (κ1) is 21.9. The van der Waals surface area contributed by atoms with E-state index < -0.39 is 10.0 Å². The summed E-state index contributed by atoms with van der Waals surface area (Å²) in [7, 11) is -3.65. The second-order valence-corrected chi connectivity index (χ2v) is 8.71. The second kappa shape index (κ2) is 9.84. The number of nitrogens with one attached hydrogen (secondary N) is 3. The Labute approximate surface area is 176 Å². The Balaban J connectivity index is 1.61. The van der Waals surface area contributed by atoms with Crippen molar-refractivity contribution in [2.75, 3.05) is 23.8 Å². The SMILES string of the molecule is CCC(=O)Nc1cccc(C(=O)Nc2ccc(S(=O)(=O)NC[C@H]3CCCO3)cc2)c1. The first-order chi connectivity index (χ1) is 14.4. The number of amides is 2. The maximum atomic E-state index is 12.5. The van der Waals surface area contributed by atoms with Gasteiger partial charge in [-0.05, 0) is 55.3 Å². The van der Waals surface area contributed by atoms with Gasteiger partial charge in [0.05, 0.1) is 11.0 Å². The van der Waals surface area contributed by atoms with E-state index in [0.29, 0.717) is 30.0 Å². The highest BCUT2D eigenvalue weighted by Crippen LogP contribution is 2.17. The highest BCUT2D eigenvalue weighted by molar-refractivity contribution is 7.89. The van der Waals surface area contributed by atoms with Gasteiger partial charge in [-0.1, -0.05) is 13.0 Å². The van der Waals surface area contributed by atoms with Crippen molar-refractivity contribution < 1.29 is 22.7 Å². The highest BCUT2D eigenvalue weighted by Gasteiger charge is 2.20. The summed E-state index contributed by atoms with van der Waals surface area (Å²) >= 11 is 0. The van der Waals surface area contributed by atoms with Crippen LogP contribution in [0.5, 0.6) is 0 Å². The summed E-state index contributed by atoms with van der Waals surface area (Å²) in [5.41, 5.74) is 1.37. The van der Waals surface area contributed by atoms with Gasteiger partial charge < -0.3 is 15.4 Å². The van der Waals surface area contributed by atoms with E-state index in [1.807, 2.05) is 0 Å². The third-order valence-corrected chi connectivity index (χ3v) is 6.12. The first-order valence-electron chi connectivity index (χ1n) is 9.80. The average molecular weight is 432 g/mol. The molecule has 0 aromatic heterocycles. The average Bonchev–Trinajstić information content (AvgIpc) is 3.26. The molecule has 1 heterocycles. The van der Waals surface area contributed by atoms with Crippen molar-refractivity contribution in [1.82, 2.24) is 4.72 Å². The molecule has 3 N–H and O–H groups in total. The summed E-state index contributed by atoms with van der Waals surface area (Å²) in [6.45, 7) is 2.65. The summed E-state index contributed by atoms with van der Waals surface area (Å²) in [5, 5.41) is 5.43. The Bertz CT molecular complexity index is 1000. The molecular formula is C21H25N3O5S. The Hall–Kier alpha value is -2.75. The maximum absolute atomic E-state index is 12.5. The quantitative estimate of drug-likeness (QED) is 0.595. The minimum absolute atomic E-state index is 0.0868. The van der Waals surface area contributed by atoms with Crippen LogP contribution in [-0.2, 0) is 19.6 Å². The van der Waals surface area contributed by atoms with Crippen LogP contribution >= 0.6 is 0 Å². The lowest BCUT2D eigenvalue weighted by Gasteiger charge is -2.12. The third-order valence-electron chi connectivity index (χ3n) is 4.68. The number of anilines is 2. The Kier molecular flexibility index (Phi) is 7.20. The molecule has 0 saturated carbocycles. The molecule has 1 fully saturated rings. The maximum Gasteiger partial charge on any atom is 0.255 e. The van der Waals surface area contributed by atoms with Gasteiger partial charge in [0.15, 0.2) is 0 Å². The Morgan fingerprint density at radius 3 is 2.50 bits per heavy atom. The molecule has 3 rings (SSSR count). The monoisotopic (exact) mass is 431 g/mol. The zero-order valence-corrected chi connectivity index (χ0v) is 17.5. The molecule has 30 heavy (non-hydrogen) atoms. The number of ether oxygens (including phenoxy) is 1. The molecule has 1 atom stereocenters. The molecule has 1 saturated heterocycles. The van der Waals surface area contributed by atoms with E-state index in [2.05, 4.69) is 15.4 Å². The van der Waals surface area contributed by atoms with Crippen molar-refractivity contribution in [3.8, 4) is 0 Å². The van der Waals surface area contributed by atoms with E-state index in [9.17, 15) is 18.0 Å². The van der Waals surface area contributed by atoms with Gasteiger partial charge in [-0.25, -0.2) is 13.1 Å². The highest BCUT2D eigenvalue weighted by atomic mass is 32.2. The van der Waals surface area contributed by atoms with Crippen LogP contribution in [0.2, 0.25) is 0 Å². The largest absolute Gasteiger partial charge is 0.377 e. The molecule has 9 heteroatoms. The predicted molar refractivity (Wildman–Crippen MR) is 114 cm³/mol. The van der Waals surface area contributed by atoms with Crippen molar-refractivity contribution in [1.29, 1.82) is 0 Å². The van der Waals surface area contributed by atoms with Crippen molar-refractivity contribution >= 4 is 33.2 Å². The summed E-state index contributed by atoms with van der Waals surface area (Å²) < 4.78 is 32.8. The zero-order valence-electron chi connectivity index (χ0n) is 16.7. The fourth-order valence-electron chi connectivity index (χ4n) is 3.00. The number of benzene rings is 2. The summed E-state index contributed by atoms with van der Waals surface area (Å²) in [4.78, 5) is 24.1. The number of sulfonamides is 1. The van der Waals surface area contributed by atoms with Crippen LogP contribution in [0.3, 0.4) is 0 Å². The number of rotatable bonds is 8. The molecule has 0 radical (unpaired) electrons. The standard InChI is InChI=1S/C21H25N3O5S/c1-2-20(25)23-17-6-3-5-15(13-17)21(26)24-16-8-10-19(11-9-16)30(27,28)22-14-18-7-4-12-29-18/h3,5-6,8-11,13,18,22H,2,4,7,12,14H2,1H3,(H,23,25)(H,24,26)/t18-/m1/s1. The van der Waals surface area contributed by atoms with Gasteiger partial charge in [0.2, 0.25) is 15.9 Å². The van der Waals surface area contributed by atoms with E-state index in [0.717, 1.165) is 12.8 Å². The second-order valence-electron chi connectivity index (χ2n) is 6.95. The van der Waals surface area contributed by atoms with Crippen LogP contribution in [0, 0.1) is 0 Å². The van der Waals surface area contributed by atoms with Crippen molar-refractivity contribution in [2.24, 2.45) is 0 Å². The van der Waals surface area contributed by atoms with E-state index in [4.69, 9.17) is 4.74 Å². The molecule has 2 amide bonds. The lowest BCUT2D eigenvalue weighted by Crippen LogP contribution is -2.31. The van der Waals surface area contributed by atoms with E-state index in [-0.39, 0.29) is 29.4 Å². The van der Waals surface area contributed by atoms with Crippen molar-refractivity contribution in [3.05, 3.63) is 54.1 Å². The zero-order chi connectivity index (χ0) is 21.6. The molecule has 1 aliphatic heterocycles. The number of carbonyl (C=O) groups is 2. The molecule has 0 unspecified atom stereocenters. The molecule has 160 valence electrons.